The lowest BCUT2D eigenvalue weighted by atomic mass is 9.84. The SMILES string of the molecule is CC1(C)CCCN(CC[C@H](NC(=O)c2cc(-c3ccccc3C(F)(F)F)n(-c3ccccn3)n2)C2(C(=O)O)CC2)C1. The summed E-state index contributed by atoms with van der Waals surface area (Å²) >= 11 is 0. The van der Waals surface area contributed by atoms with Crippen molar-refractivity contribution in [1.29, 1.82) is 0 Å². The molecule has 8 nitrogen and oxygen atoms in total. The lowest BCUT2D eigenvalue weighted by Gasteiger charge is -2.39. The first-order valence-electron chi connectivity index (χ1n) is 13.8. The maximum Gasteiger partial charge on any atom is 0.417 e. The van der Waals surface area contributed by atoms with E-state index in [9.17, 15) is 27.9 Å². The van der Waals surface area contributed by atoms with E-state index >= 15 is 0 Å². The van der Waals surface area contributed by atoms with Gasteiger partial charge in [-0.15, -0.1) is 0 Å². The Balaban J connectivity index is 1.46. The van der Waals surface area contributed by atoms with Gasteiger partial charge in [-0.25, -0.2) is 9.67 Å². The minimum absolute atomic E-state index is 0.0493. The van der Waals surface area contributed by atoms with E-state index in [1.165, 1.54) is 35.1 Å². The summed E-state index contributed by atoms with van der Waals surface area (Å²) in [5.74, 6) is -1.35. The van der Waals surface area contributed by atoms with E-state index in [0.29, 0.717) is 25.8 Å². The van der Waals surface area contributed by atoms with Crippen molar-refractivity contribution in [3.8, 4) is 17.1 Å². The number of benzene rings is 1. The maximum atomic E-state index is 13.9. The molecule has 11 heteroatoms. The highest BCUT2D eigenvalue weighted by Crippen LogP contribution is 2.50. The molecule has 1 saturated carbocycles. The standard InChI is InChI=1S/C30H34F3N5O3/c1-28(2)12-7-16-37(19-28)17-11-24(29(13-14-29)27(40)41)35-26(39)22-18-23(38(36-22)25-10-5-6-15-34-25)20-8-3-4-9-21(20)30(31,32)33/h3-6,8-10,15,18,24H,7,11-14,16-17,19H2,1-2H3,(H,35,39)(H,40,41)/t24-/m0/s1. The third-order valence-corrected chi connectivity index (χ3v) is 8.22. The van der Waals surface area contributed by atoms with Crippen LogP contribution in [0.3, 0.4) is 0 Å². The van der Waals surface area contributed by atoms with Gasteiger partial charge in [-0.2, -0.15) is 18.3 Å². The van der Waals surface area contributed by atoms with E-state index in [0.717, 1.165) is 32.0 Å². The van der Waals surface area contributed by atoms with Gasteiger partial charge in [-0.05, 0) is 68.3 Å². The number of rotatable bonds is 9. The molecule has 0 spiro atoms. The highest BCUT2D eigenvalue weighted by molar-refractivity contribution is 5.94. The van der Waals surface area contributed by atoms with Crippen molar-refractivity contribution in [2.24, 2.45) is 10.8 Å². The first-order valence-corrected chi connectivity index (χ1v) is 13.8. The number of carboxylic acids is 1. The molecular formula is C30H34F3N5O3. The number of amides is 1. The molecule has 1 atom stereocenters. The molecule has 0 bridgehead atoms. The highest BCUT2D eigenvalue weighted by atomic mass is 19.4. The number of hydrogen-bond acceptors (Lipinski definition) is 5. The van der Waals surface area contributed by atoms with Gasteiger partial charge in [-0.1, -0.05) is 38.1 Å². The lowest BCUT2D eigenvalue weighted by Crippen LogP contribution is -2.48. The van der Waals surface area contributed by atoms with Gasteiger partial charge in [0.15, 0.2) is 11.5 Å². The Labute approximate surface area is 236 Å². The van der Waals surface area contributed by atoms with Gasteiger partial charge in [0.25, 0.3) is 5.91 Å². The molecule has 2 fully saturated rings. The second kappa shape index (κ2) is 10.9. The molecule has 1 aliphatic heterocycles. The van der Waals surface area contributed by atoms with E-state index < -0.39 is 35.1 Å². The van der Waals surface area contributed by atoms with E-state index in [1.54, 1.807) is 18.2 Å². The van der Waals surface area contributed by atoms with Crippen molar-refractivity contribution < 1.29 is 27.9 Å². The smallest absolute Gasteiger partial charge is 0.417 e. The predicted molar refractivity (Wildman–Crippen MR) is 146 cm³/mol. The summed E-state index contributed by atoms with van der Waals surface area (Å²) in [7, 11) is 0. The summed E-state index contributed by atoms with van der Waals surface area (Å²) in [4.78, 5) is 32.4. The largest absolute Gasteiger partial charge is 0.481 e. The van der Waals surface area contributed by atoms with E-state index in [-0.39, 0.29) is 28.2 Å². The van der Waals surface area contributed by atoms with Gasteiger partial charge in [0.05, 0.1) is 16.7 Å². The Bertz CT molecular complexity index is 1420. The van der Waals surface area contributed by atoms with E-state index in [1.807, 2.05) is 0 Å². The summed E-state index contributed by atoms with van der Waals surface area (Å²) in [6.07, 6.45) is 0.377. The number of aliphatic carboxylic acids is 1. The molecule has 2 aromatic heterocycles. The van der Waals surface area contributed by atoms with Crippen LogP contribution in [0.15, 0.2) is 54.7 Å². The number of piperidine rings is 1. The van der Waals surface area contributed by atoms with Crippen LogP contribution < -0.4 is 5.32 Å². The summed E-state index contributed by atoms with van der Waals surface area (Å²) in [6, 6.07) is 10.7. The highest BCUT2D eigenvalue weighted by Gasteiger charge is 2.56. The van der Waals surface area contributed by atoms with E-state index in [2.05, 4.69) is 34.1 Å². The van der Waals surface area contributed by atoms with Crippen molar-refractivity contribution in [2.75, 3.05) is 19.6 Å². The van der Waals surface area contributed by atoms with Crippen LogP contribution in [0.5, 0.6) is 0 Å². The van der Waals surface area contributed by atoms with Crippen molar-refractivity contribution in [2.45, 2.75) is 58.2 Å². The lowest BCUT2D eigenvalue weighted by molar-refractivity contribution is -0.144. The molecule has 3 aromatic rings. The summed E-state index contributed by atoms with van der Waals surface area (Å²) in [5.41, 5.74) is -1.97. The second-order valence-electron chi connectivity index (χ2n) is 11.9. The summed E-state index contributed by atoms with van der Waals surface area (Å²) in [6.45, 7) is 6.87. The maximum absolute atomic E-state index is 13.9. The number of hydrogen-bond donors (Lipinski definition) is 2. The minimum Gasteiger partial charge on any atom is -0.481 e. The molecule has 5 rings (SSSR count). The average Bonchev–Trinajstić information content (AvgIpc) is 3.62. The number of pyridine rings is 1. The fraction of sp³-hybridized carbons (Fsp3) is 0.467. The molecule has 3 heterocycles. The number of aromatic nitrogens is 3. The van der Waals surface area contributed by atoms with Crippen LogP contribution in [0.1, 0.15) is 62.0 Å². The number of carbonyl (C=O) groups is 2. The predicted octanol–water partition coefficient (Wildman–Crippen LogP) is 5.43. The molecule has 2 aliphatic rings. The first kappa shape index (κ1) is 28.8. The number of nitrogens with zero attached hydrogens (tertiary/aromatic N) is 4. The van der Waals surface area contributed by atoms with Crippen LogP contribution in [-0.2, 0) is 11.0 Å². The van der Waals surface area contributed by atoms with Crippen LogP contribution >= 0.6 is 0 Å². The minimum atomic E-state index is -4.63. The number of halogens is 3. The average molecular weight is 570 g/mol. The fourth-order valence-corrected chi connectivity index (χ4v) is 5.90. The second-order valence-corrected chi connectivity index (χ2v) is 11.9. The molecule has 0 unspecified atom stereocenters. The number of alkyl halides is 3. The molecule has 218 valence electrons. The number of carbonyl (C=O) groups excluding carboxylic acids is 1. The zero-order chi connectivity index (χ0) is 29.4. The monoisotopic (exact) mass is 569 g/mol. The van der Waals surface area contributed by atoms with Crippen molar-refractivity contribution >= 4 is 11.9 Å². The van der Waals surface area contributed by atoms with Crippen LogP contribution in [0, 0.1) is 10.8 Å². The zero-order valence-corrected chi connectivity index (χ0v) is 23.1. The molecule has 1 aliphatic carbocycles. The summed E-state index contributed by atoms with van der Waals surface area (Å²) in [5, 5.41) is 17.3. The Morgan fingerprint density at radius 2 is 1.83 bits per heavy atom. The van der Waals surface area contributed by atoms with Gasteiger partial charge >= 0.3 is 12.1 Å². The van der Waals surface area contributed by atoms with Crippen LogP contribution in [0.25, 0.3) is 17.1 Å². The molecular weight excluding hydrogens is 535 g/mol. The Hall–Kier alpha value is -3.73. The topological polar surface area (TPSA) is 100 Å². The molecule has 1 aromatic carbocycles. The third-order valence-electron chi connectivity index (χ3n) is 8.22. The Morgan fingerprint density at radius 3 is 2.46 bits per heavy atom. The third kappa shape index (κ3) is 6.14. The first-order chi connectivity index (χ1) is 19.4. The van der Waals surface area contributed by atoms with Gasteiger partial charge in [0.2, 0.25) is 0 Å². The van der Waals surface area contributed by atoms with Crippen LogP contribution in [-0.4, -0.2) is 62.3 Å². The summed E-state index contributed by atoms with van der Waals surface area (Å²) < 4.78 is 43.0. The molecule has 1 amide bonds. The zero-order valence-electron chi connectivity index (χ0n) is 23.1. The van der Waals surface area contributed by atoms with E-state index in [4.69, 9.17) is 0 Å². The Kier molecular flexibility index (Phi) is 7.67. The molecule has 0 radical (unpaired) electrons. The van der Waals surface area contributed by atoms with Crippen molar-refractivity contribution in [1.82, 2.24) is 25.0 Å². The van der Waals surface area contributed by atoms with Gasteiger partial charge < -0.3 is 15.3 Å². The quantitative estimate of drug-likeness (QED) is 0.357. The van der Waals surface area contributed by atoms with Crippen LogP contribution in [0.2, 0.25) is 0 Å². The Morgan fingerprint density at radius 1 is 1.10 bits per heavy atom. The number of nitrogens with one attached hydrogen (secondary N) is 1. The number of likely N-dealkylation sites (tertiary alicyclic amines) is 1. The van der Waals surface area contributed by atoms with Gasteiger partial charge in [0.1, 0.15) is 0 Å². The molecule has 2 N–H and O–H groups in total. The van der Waals surface area contributed by atoms with Crippen LogP contribution in [0.4, 0.5) is 13.2 Å². The molecule has 41 heavy (non-hydrogen) atoms. The molecule has 1 saturated heterocycles. The van der Waals surface area contributed by atoms with Crippen molar-refractivity contribution in [3.63, 3.8) is 0 Å². The number of carboxylic acid groups (broad SMARTS) is 1. The fourth-order valence-electron chi connectivity index (χ4n) is 5.90. The van der Waals surface area contributed by atoms with Gasteiger partial charge in [-0.3, -0.25) is 9.59 Å². The van der Waals surface area contributed by atoms with Crippen molar-refractivity contribution in [3.05, 3.63) is 66.0 Å². The normalized spacial score (nSPS) is 19.0. The van der Waals surface area contributed by atoms with Gasteiger partial charge in [0, 0.05) is 30.9 Å².